The van der Waals surface area contributed by atoms with Gasteiger partial charge in [0.15, 0.2) is 5.96 Å². The van der Waals surface area contributed by atoms with Crippen LogP contribution >= 0.6 is 0 Å². The molecule has 0 spiro atoms. The first-order valence-electron chi connectivity index (χ1n) is 9.75. The molecular formula is C21H34N4O. The number of piperidine rings is 1. The number of nitrogens with one attached hydrogen (secondary N) is 2. The van der Waals surface area contributed by atoms with Crippen LogP contribution in [-0.2, 0) is 10.2 Å². The van der Waals surface area contributed by atoms with Gasteiger partial charge >= 0.3 is 0 Å². The predicted octanol–water partition coefficient (Wildman–Crippen LogP) is 2.78. The van der Waals surface area contributed by atoms with Crippen LogP contribution in [0.25, 0.3) is 0 Å². The van der Waals surface area contributed by atoms with E-state index in [0.717, 1.165) is 45.0 Å². The maximum atomic E-state index is 11.6. The van der Waals surface area contributed by atoms with Crippen molar-refractivity contribution >= 4 is 11.9 Å². The molecule has 1 saturated heterocycles. The molecule has 0 aliphatic carbocycles. The van der Waals surface area contributed by atoms with Gasteiger partial charge in [0.2, 0.25) is 5.91 Å². The van der Waals surface area contributed by atoms with Crippen molar-refractivity contribution in [2.75, 3.05) is 33.2 Å². The van der Waals surface area contributed by atoms with E-state index in [0.29, 0.717) is 12.3 Å². The Balaban J connectivity index is 1.98. The normalized spacial score (nSPS) is 16.5. The van der Waals surface area contributed by atoms with Gasteiger partial charge < -0.3 is 15.5 Å². The van der Waals surface area contributed by atoms with E-state index in [1.54, 1.807) is 7.05 Å². The average Bonchev–Trinajstić information content (AvgIpc) is 2.66. The van der Waals surface area contributed by atoms with Crippen molar-refractivity contribution in [1.82, 2.24) is 15.5 Å². The van der Waals surface area contributed by atoms with E-state index < -0.39 is 0 Å². The zero-order valence-corrected chi connectivity index (χ0v) is 16.7. The van der Waals surface area contributed by atoms with E-state index in [2.05, 4.69) is 66.6 Å². The monoisotopic (exact) mass is 358 g/mol. The molecule has 0 atom stereocenters. The number of aliphatic imine (C=N–C) groups is 1. The van der Waals surface area contributed by atoms with Crippen LogP contribution in [0.1, 0.15) is 45.6 Å². The van der Waals surface area contributed by atoms with Crippen LogP contribution < -0.4 is 10.6 Å². The zero-order chi connectivity index (χ0) is 19.0. The zero-order valence-electron chi connectivity index (χ0n) is 16.7. The van der Waals surface area contributed by atoms with Gasteiger partial charge in [-0.1, -0.05) is 44.2 Å². The molecule has 1 fully saturated rings. The summed E-state index contributed by atoms with van der Waals surface area (Å²) in [5.41, 5.74) is 1.31. The summed E-state index contributed by atoms with van der Waals surface area (Å²) in [6.07, 6.45) is 2.72. The Hall–Kier alpha value is -2.04. The molecule has 1 aromatic carbocycles. The largest absolute Gasteiger partial charge is 0.359 e. The number of carbonyl (C=O) groups excluding carboxylic acids is 1. The highest BCUT2D eigenvalue weighted by Gasteiger charge is 2.24. The minimum atomic E-state index is -0.000528. The Morgan fingerprint density at radius 1 is 1.23 bits per heavy atom. The Bertz CT molecular complexity index is 589. The summed E-state index contributed by atoms with van der Waals surface area (Å²) in [6.45, 7) is 10.1. The summed E-state index contributed by atoms with van der Waals surface area (Å²) in [5.74, 6) is 1.62. The lowest BCUT2D eigenvalue weighted by Crippen LogP contribution is -2.46. The molecule has 0 radical (unpaired) electrons. The topological polar surface area (TPSA) is 56.7 Å². The standard InChI is InChI=1S/C21H34N4O/c1-5-23-20(24-16-21(2,3)18-9-7-6-8-10-18)25-13-11-17(12-14-25)15-19(26)22-4/h6-10,17H,5,11-16H2,1-4H3,(H,22,26)(H,23,24). The van der Waals surface area contributed by atoms with Gasteiger partial charge in [-0.05, 0) is 31.2 Å². The molecule has 5 heteroatoms. The molecule has 26 heavy (non-hydrogen) atoms. The van der Waals surface area contributed by atoms with Crippen molar-refractivity contribution in [3.8, 4) is 0 Å². The second-order valence-electron chi connectivity index (χ2n) is 7.73. The van der Waals surface area contributed by atoms with Crippen molar-refractivity contribution in [2.45, 2.75) is 45.4 Å². The predicted molar refractivity (Wildman–Crippen MR) is 108 cm³/mol. The van der Waals surface area contributed by atoms with Gasteiger partial charge in [0.05, 0.1) is 6.54 Å². The first-order valence-corrected chi connectivity index (χ1v) is 9.75. The fraction of sp³-hybridized carbons (Fsp3) is 0.619. The number of guanidine groups is 1. The number of benzene rings is 1. The van der Waals surface area contributed by atoms with E-state index in [-0.39, 0.29) is 11.3 Å². The van der Waals surface area contributed by atoms with Gasteiger partial charge in [0, 0.05) is 38.5 Å². The summed E-state index contributed by atoms with van der Waals surface area (Å²) < 4.78 is 0. The Morgan fingerprint density at radius 2 is 1.88 bits per heavy atom. The summed E-state index contributed by atoms with van der Waals surface area (Å²) in [4.78, 5) is 18.9. The van der Waals surface area contributed by atoms with Crippen molar-refractivity contribution < 1.29 is 4.79 Å². The highest BCUT2D eigenvalue weighted by Crippen LogP contribution is 2.24. The minimum Gasteiger partial charge on any atom is -0.359 e. The summed E-state index contributed by atoms with van der Waals surface area (Å²) in [6, 6.07) is 10.6. The Kier molecular flexibility index (Phi) is 7.49. The van der Waals surface area contributed by atoms with Gasteiger partial charge in [-0.25, -0.2) is 0 Å². The van der Waals surface area contributed by atoms with Gasteiger partial charge in [-0.3, -0.25) is 9.79 Å². The molecular weight excluding hydrogens is 324 g/mol. The van der Waals surface area contributed by atoms with Crippen LogP contribution in [0.4, 0.5) is 0 Å². The highest BCUT2D eigenvalue weighted by molar-refractivity contribution is 5.80. The van der Waals surface area contributed by atoms with Crippen molar-refractivity contribution in [3.63, 3.8) is 0 Å². The molecule has 0 aromatic heterocycles. The van der Waals surface area contributed by atoms with Crippen molar-refractivity contribution in [1.29, 1.82) is 0 Å². The maximum absolute atomic E-state index is 11.6. The molecule has 2 rings (SSSR count). The number of hydrogen-bond acceptors (Lipinski definition) is 2. The van der Waals surface area contributed by atoms with E-state index in [1.807, 2.05) is 0 Å². The number of likely N-dealkylation sites (tertiary alicyclic amines) is 1. The van der Waals surface area contributed by atoms with Gasteiger partial charge in [0.1, 0.15) is 0 Å². The van der Waals surface area contributed by atoms with Crippen LogP contribution in [0.5, 0.6) is 0 Å². The quantitative estimate of drug-likeness (QED) is 0.607. The van der Waals surface area contributed by atoms with Gasteiger partial charge in [0.25, 0.3) is 0 Å². The molecule has 0 unspecified atom stereocenters. The molecule has 144 valence electrons. The Labute approximate surface area is 158 Å². The van der Waals surface area contributed by atoms with E-state index in [1.165, 1.54) is 5.56 Å². The molecule has 1 heterocycles. The van der Waals surface area contributed by atoms with Crippen LogP contribution in [0, 0.1) is 5.92 Å². The minimum absolute atomic E-state index is 0.000528. The SMILES string of the molecule is CCNC(=NCC(C)(C)c1ccccc1)N1CCC(CC(=O)NC)CC1. The fourth-order valence-corrected chi connectivity index (χ4v) is 3.39. The third-order valence-electron chi connectivity index (χ3n) is 5.18. The number of rotatable bonds is 6. The third-order valence-corrected chi connectivity index (χ3v) is 5.18. The second-order valence-corrected chi connectivity index (χ2v) is 7.73. The molecule has 0 saturated carbocycles. The molecule has 2 N–H and O–H groups in total. The van der Waals surface area contributed by atoms with E-state index in [9.17, 15) is 4.79 Å². The smallest absolute Gasteiger partial charge is 0.220 e. The van der Waals surface area contributed by atoms with E-state index >= 15 is 0 Å². The van der Waals surface area contributed by atoms with Crippen molar-refractivity contribution in [3.05, 3.63) is 35.9 Å². The van der Waals surface area contributed by atoms with Crippen LogP contribution in [0.2, 0.25) is 0 Å². The third kappa shape index (κ3) is 5.75. The average molecular weight is 359 g/mol. The fourth-order valence-electron chi connectivity index (χ4n) is 3.39. The lowest BCUT2D eigenvalue weighted by atomic mass is 9.85. The summed E-state index contributed by atoms with van der Waals surface area (Å²) >= 11 is 0. The first-order chi connectivity index (χ1) is 12.5. The molecule has 5 nitrogen and oxygen atoms in total. The maximum Gasteiger partial charge on any atom is 0.220 e. The molecule has 1 amide bonds. The van der Waals surface area contributed by atoms with Crippen LogP contribution in [-0.4, -0.2) is 50.0 Å². The number of amides is 1. The van der Waals surface area contributed by atoms with Gasteiger partial charge in [-0.15, -0.1) is 0 Å². The molecule has 1 aliphatic heterocycles. The lowest BCUT2D eigenvalue weighted by Gasteiger charge is -2.34. The molecule has 1 aliphatic rings. The summed E-state index contributed by atoms with van der Waals surface area (Å²) in [7, 11) is 1.71. The summed E-state index contributed by atoms with van der Waals surface area (Å²) in [5, 5.41) is 6.17. The highest BCUT2D eigenvalue weighted by atomic mass is 16.1. The molecule has 0 bridgehead atoms. The van der Waals surface area contributed by atoms with Gasteiger partial charge in [-0.2, -0.15) is 0 Å². The van der Waals surface area contributed by atoms with Crippen LogP contribution in [0.15, 0.2) is 35.3 Å². The number of nitrogens with zero attached hydrogens (tertiary/aromatic N) is 2. The molecule has 1 aromatic rings. The first kappa shape index (κ1) is 20.3. The van der Waals surface area contributed by atoms with Crippen LogP contribution in [0.3, 0.4) is 0 Å². The number of carbonyl (C=O) groups is 1. The second kappa shape index (κ2) is 9.60. The Morgan fingerprint density at radius 3 is 2.46 bits per heavy atom. The number of hydrogen-bond donors (Lipinski definition) is 2. The van der Waals surface area contributed by atoms with Crippen molar-refractivity contribution in [2.24, 2.45) is 10.9 Å². The van der Waals surface area contributed by atoms with E-state index in [4.69, 9.17) is 4.99 Å². The lowest BCUT2D eigenvalue weighted by molar-refractivity contribution is -0.121.